The molecule has 4 N–H and O–H groups in total. The summed E-state index contributed by atoms with van der Waals surface area (Å²) in [5.41, 5.74) is 7.56. The third-order valence-corrected chi connectivity index (χ3v) is 2.71. The first-order chi connectivity index (χ1) is 9.43. The van der Waals surface area contributed by atoms with Crippen LogP contribution in [0.1, 0.15) is 22.8 Å². The van der Waals surface area contributed by atoms with Crippen LogP contribution in [0.3, 0.4) is 0 Å². The van der Waals surface area contributed by atoms with E-state index in [4.69, 9.17) is 10.5 Å². The molecule has 2 amide bonds. The van der Waals surface area contributed by atoms with Crippen LogP contribution >= 0.6 is 0 Å². The number of nitrogens with two attached hydrogens (primary N) is 1. The van der Waals surface area contributed by atoms with Crippen LogP contribution in [-0.2, 0) is 9.53 Å². The monoisotopic (exact) mass is 279 g/mol. The molecule has 0 saturated carbocycles. The van der Waals surface area contributed by atoms with Crippen molar-refractivity contribution in [2.75, 3.05) is 26.0 Å². The number of hydrogen-bond donors (Lipinski definition) is 3. The Balaban J connectivity index is 2.58. The van der Waals surface area contributed by atoms with Gasteiger partial charge < -0.3 is 21.1 Å². The van der Waals surface area contributed by atoms with Gasteiger partial charge in [0.1, 0.15) is 6.04 Å². The van der Waals surface area contributed by atoms with Gasteiger partial charge in [-0.2, -0.15) is 0 Å². The zero-order chi connectivity index (χ0) is 15.1. The van der Waals surface area contributed by atoms with E-state index in [1.165, 1.54) is 0 Å². The first-order valence-electron chi connectivity index (χ1n) is 6.38. The summed E-state index contributed by atoms with van der Waals surface area (Å²) in [6.07, 6.45) is 0. The predicted molar refractivity (Wildman–Crippen MR) is 77.4 cm³/mol. The Morgan fingerprint density at radius 3 is 2.65 bits per heavy atom. The summed E-state index contributed by atoms with van der Waals surface area (Å²) in [4.78, 5) is 23.7. The average molecular weight is 279 g/mol. The highest BCUT2D eigenvalue weighted by molar-refractivity contribution is 5.98. The van der Waals surface area contributed by atoms with Crippen molar-refractivity contribution in [3.05, 3.63) is 29.3 Å². The van der Waals surface area contributed by atoms with Crippen LogP contribution in [0.15, 0.2) is 18.2 Å². The summed E-state index contributed by atoms with van der Waals surface area (Å²) in [6.45, 7) is 4.32. The van der Waals surface area contributed by atoms with Crippen LogP contribution in [0, 0.1) is 6.92 Å². The van der Waals surface area contributed by atoms with Gasteiger partial charge in [0.15, 0.2) is 0 Å². The molecular weight excluding hydrogens is 258 g/mol. The molecule has 0 aromatic heterocycles. The first-order valence-corrected chi connectivity index (χ1v) is 6.38. The number of ether oxygens (including phenoxy) is 1. The van der Waals surface area contributed by atoms with Crippen molar-refractivity contribution in [1.29, 1.82) is 0 Å². The van der Waals surface area contributed by atoms with Crippen molar-refractivity contribution in [3.63, 3.8) is 0 Å². The van der Waals surface area contributed by atoms with Gasteiger partial charge in [-0.3, -0.25) is 9.59 Å². The van der Waals surface area contributed by atoms with E-state index in [9.17, 15) is 9.59 Å². The van der Waals surface area contributed by atoms with Crippen LogP contribution in [0.5, 0.6) is 0 Å². The van der Waals surface area contributed by atoms with Gasteiger partial charge in [-0.05, 0) is 37.6 Å². The summed E-state index contributed by atoms with van der Waals surface area (Å²) in [5, 5.41) is 5.29. The number of nitrogens with one attached hydrogen (secondary N) is 2. The number of anilines is 1. The van der Waals surface area contributed by atoms with Gasteiger partial charge >= 0.3 is 0 Å². The highest BCUT2D eigenvalue weighted by Gasteiger charge is 2.16. The summed E-state index contributed by atoms with van der Waals surface area (Å²) in [6, 6.07) is 4.46. The lowest BCUT2D eigenvalue weighted by molar-refractivity contribution is -0.122. The minimum atomic E-state index is -0.624. The lowest BCUT2D eigenvalue weighted by Crippen LogP contribution is -2.45. The quantitative estimate of drug-likeness (QED) is 0.521. The van der Waals surface area contributed by atoms with Crippen molar-refractivity contribution >= 4 is 17.5 Å². The van der Waals surface area contributed by atoms with Crippen LogP contribution in [-0.4, -0.2) is 38.1 Å². The number of nitrogen functional groups attached to an aromatic ring is 1. The summed E-state index contributed by atoms with van der Waals surface area (Å²) in [7, 11) is 1.56. The Morgan fingerprint density at radius 1 is 1.35 bits per heavy atom. The SMILES string of the molecule is COCCNC(=O)C(C)NC(=O)c1cc(C)cc(N)c1. The molecule has 110 valence electrons. The van der Waals surface area contributed by atoms with Crippen LogP contribution < -0.4 is 16.4 Å². The predicted octanol–water partition coefficient (Wildman–Crippen LogP) is 0.458. The molecule has 0 heterocycles. The third-order valence-electron chi connectivity index (χ3n) is 2.71. The molecule has 0 aliphatic rings. The maximum absolute atomic E-state index is 12.0. The number of methoxy groups -OCH3 is 1. The molecule has 1 aromatic carbocycles. The molecule has 1 unspecified atom stereocenters. The zero-order valence-electron chi connectivity index (χ0n) is 12.0. The Labute approximate surface area is 118 Å². The van der Waals surface area contributed by atoms with E-state index in [2.05, 4.69) is 10.6 Å². The number of carbonyl (C=O) groups is 2. The van der Waals surface area contributed by atoms with E-state index < -0.39 is 6.04 Å². The van der Waals surface area contributed by atoms with Crippen molar-refractivity contribution in [1.82, 2.24) is 10.6 Å². The summed E-state index contributed by atoms with van der Waals surface area (Å²) < 4.78 is 4.83. The van der Waals surface area contributed by atoms with Crippen LogP contribution in [0.25, 0.3) is 0 Å². The van der Waals surface area contributed by atoms with E-state index in [0.717, 1.165) is 5.56 Å². The smallest absolute Gasteiger partial charge is 0.252 e. The number of aryl methyl sites for hydroxylation is 1. The summed E-state index contributed by atoms with van der Waals surface area (Å²) in [5.74, 6) is -0.578. The van der Waals surface area contributed by atoms with Crippen molar-refractivity contribution in [2.45, 2.75) is 19.9 Å². The molecule has 0 radical (unpaired) electrons. The Kier molecular flexibility index (Phi) is 5.99. The molecule has 1 atom stereocenters. The number of hydrogen-bond acceptors (Lipinski definition) is 4. The van der Waals surface area contributed by atoms with E-state index in [1.807, 2.05) is 6.92 Å². The third kappa shape index (κ3) is 4.89. The molecule has 0 aliphatic heterocycles. The second-order valence-corrected chi connectivity index (χ2v) is 4.61. The number of amides is 2. The molecule has 0 aliphatic carbocycles. The van der Waals surface area contributed by atoms with E-state index in [1.54, 1.807) is 32.2 Å². The Bertz CT molecular complexity index is 468. The zero-order valence-corrected chi connectivity index (χ0v) is 12.0. The van der Waals surface area contributed by atoms with Gasteiger partial charge in [-0.15, -0.1) is 0 Å². The van der Waals surface area contributed by atoms with E-state index in [0.29, 0.717) is 24.4 Å². The standard InChI is InChI=1S/C14H21N3O3/c1-9-6-11(8-12(15)7-9)14(19)17-10(2)13(18)16-4-5-20-3/h6-8,10H,4-5,15H2,1-3H3,(H,16,18)(H,17,19). The second-order valence-electron chi connectivity index (χ2n) is 4.61. The maximum atomic E-state index is 12.0. The van der Waals surface area contributed by atoms with E-state index >= 15 is 0 Å². The van der Waals surface area contributed by atoms with Crippen LogP contribution in [0.4, 0.5) is 5.69 Å². The molecule has 6 heteroatoms. The molecule has 1 aromatic rings. The fraction of sp³-hybridized carbons (Fsp3) is 0.429. The van der Waals surface area contributed by atoms with Crippen molar-refractivity contribution in [3.8, 4) is 0 Å². The minimum Gasteiger partial charge on any atom is -0.399 e. The summed E-state index contributed by atoms with van der Waals surface area (Å²) >= 11 is 0. The lowest BCUT2D eigenvalue weighted by Gasteiger charge is -2.14. The fourth-order valence-electron chi connectivity index (χ4n) is 1.72. The average Bonchev–Trinajstić information content (AvgIpc) is 2.37. The Hall–Kier alpha value is -2.08. The number of rotatable bonds is 6. The van der Waals surface area contributed by atoms with Crippen LogP contribution in [0.2, 0.25) is 0 Å². The van der Waals surface area contributed by atoms with Gasteiger partial charge in [0.2, 0.25) is 5.91 Å². The van der Waals surface area contributed by atoms with Crippen molar-refractivity contribution < 1.29 is 14.3 Å². The van der Waals surface area contributed by atoms with Gasteiger partial charge in [0, 0.05) is 24.9 Å². The van der Waals surface area contributed by atoms with Gasteiger partial charge in [0.25, 0.3) is 5.91 Å². The lowest BCUT2D eigenvalue weighted by atomic mass is 10.1. The molecule has 20 heavy (non-hydrogen) atoms. The topological polar surface area (TPSA) is 93.5 Å². The Morgan fingerprint density at radius 2 is 2.05 bits per heavy atom. The minimum absolute atomic E-state index is 0.254. The molecule has 6 nitrogen and oxygen atoms in total. The molecule has 0 spiro atoms. The van der Waals surface area contributed by atoms with Crippen molar-refractivity contribution in [2.24, 2.45) is 0 Å². The molecular formula is C14H21N3O3. The molecule has 1 rings (SSSR count). The first kappa shape index (κ1) is 16.0. The maximum Gasteiger partial charge on any atom is 0.252 e. The van der Waals surface area contributed by atoms with E-state index in [-0.39, 0.29) is 11.8 Å². The number of carbonyl (C=O) groups excluding carboxylic acids is 2. The number of benzene rings is 1. The van der Waals surface area contributed by atoms with Gasteiger partial charge in [-0.1, -0.05) is 0 Å². The fourth-order valence-corrected chi connectivity index (χ4v) is 1.72. The molecule has 0 saturated heterocycles. The normalized spacial score (nSPS) is 11.8. The highest BCUT2D eigenvalue weighted by atomic mass is 16.5. The molecule has 0 fully saturated rings. The van der Waals surface area contributed by atoms with Gasteiger partial charge in [0.05, 0.1) is 6.61 Å². The second kappa shape index (κ2) is 7.49. The van der Waals surface area contributed by atoms with Gasteiger partial charge in [-0.25, -0.2) is 0 Å². The largest absolute Gasteiger partial charge is 0.399 e. The highest BCUT2D eigenvalue weighted by Crippen LogP contribution is 2.11. The molecule has 0 bridgehead atoms.